The maximum absolute atomic E-state index is 14.0. The number of nitrogens with one attached hydrogen (secondary N) is 6. The van der Waals surface area contributed by atoms with E-state index in [9.17, 15) is 41.7 Å². The molecule has 2 heterocycles. The summed E-state index contributed by atoms with van der Waals surface area (Å²) in [5, 5.41) is 13.2. The van der Waals surface area contributed by atoms with Gasteiger partial charge in [0.2, 0.25) is 29.5 Å². The van der Waals surface area contributed by atoms with Gasteiger partial charge in [-0.15, -0.1) is 0 Å². The van der Waals surface area contributed by atoms with Gasteiger partial charge in [0.1, 0.15) is 41.6 Å². The van der Waals surface area contributed by atoms with Crippen molar-refractivity contribution in [2.45, 2.75) is 104 Å². The molecule has 7 N–H and O–H groups in total. The van der Waals surface area contributed by atoms with Crippen molar-refractivity contribution < 1.29 is 46.5 Å². The monoisotopic (exact) mass is 720 g/mol. The highest BCUT2D eigenvalue weighted by atomic mass is 32.2. The van der Waals surface area contributed by atoms with E-state index in [1.54, 1.807) is 46.9 Å². The van der Waals surface area contributed by atoms with Gasteiger partial charge in [0, 0.05) is 23.5 Å². The van der Waals surface area contributed by atoms with Crippen molar-refractivity contribution in [3.8, 4) is 0 Å². The smallest absolute Gasteiger partial charge is 0.308 e. The molecule has 50 heavy (non-hydrogen) atoms. The van der Waals surface area contributed by atoms with Crippen LogP contribution in [0.2, 0.25) is 0 Å². The van der Waals surface area contributed by atoms with Gasteiger partial charge in [-0.25, -0.2) is 0 Å². The van der Waals surface area contributed by atoms with Crippen LogP contribution in [0.15, 0.2) is 30.5 Å². The minimum absolute atomic E-state index is 0.0786. The average Bonchev–Trinajstić information content (AvgIpc) is 3.38. The van der Waals surface area contributed by atoms with E-state index in [1.807, 2.05) is 32.0 Å². The van der Waals surface area contributed by atoms with E-state index >= 15 is 0 Å². The normalized spacial score (nSPS) is 23.3. The van der Waals surface area contributed by atoms with Crippen LogP contribution in [-0.2, 0) is 50.0 Å². The van der Waals surface area contributed by atoms with Gasteiger partial charge in [0.25, 0.3) is 10.1 Å². The molecule has 5 amide bonds. The van der Waals surface area contributed by atoms with Gasteiger partial charge in [0.15, 0.2) is 0 Å². The zero-order valence-corrected chi connectivity index (χ0v) is 30.1. The number of esters is 1. The molecular weight excluding hydrogens is 672 g/mol. The first-order valence-corrected chi connectivity index (χ1v) is 18.0. The van der Waals surface area contributed by atoms with Crippen LogP contribution in [0.25, 0.3) is 10.9 Å². The van der Waals surface area contributed by atoms with Crippen LogP contribution in [0.1, 0.15) is 66.9 Å². The van der Waals surface area contributed by atoms with E-state index in [2.05, 4.69) is 31.6 Å². The Morgan fingerprint density at radius 2 is 1.34 bits per heavy atom. The number of rotatable bonds is 9. The standard InChI is InChI=1S/C33H48N6O10S/c1-17(2)12-22-28(41)35-23(13-19-15-34-21-11-9-8-10-20(19)21)29(42)36-24(14-26(40)49-33(5,6)7)30(43)38-25(16-50(46,47)48)31(44)39-27(18(3)4)32(45)37-22/h8-11,15,17-18,22-25,27,34H,12-14,16H2,1-7H3,(H,35,41)(H,36,42)(H,37,45)(H,38,43)(H,39,44)(H,46,47,48)/t22-,23+,24+,25-,27+/m0/s1. The minimum atomic E-state index is -4.89. The van der Waals surface area contributed by atoms with Crippen LogP contribution in [0.5, 0.6) is 0 Å². The quantitative estimate of drug-likeness (QED) is 0.140. The molecular formula is C33H48N6O10S. The number of benzene rings is 1. The zero-order valence-electron chi connectivity index (χ0n) is 29.3. The number of amides is 5. The fraction of sp³-hybridized carbons (Fsp3) is 0.576. The summed E-state index contributed by atoms with van der Waals surface area (Å²) >= 11 is 0. The van der Waals surface area contributed by atoms with E-state index < -0.39 is 99.5 Å². The van der Waals surface area contributed by atoms with E-state index in [0.717, 1.165) is 10.9 Å². The SMILES string of the molecule is CC(C)C[C@@H]1NC(=O)[C@@H](C(C)C)NC(=O)[C@H](CS(=O)(=O)O)NC(=O)[C@@H](CC(=O)OC(C)(C)C)NC(=O)[C@@H](Cc2c[nH]c3ccccc23)NC1=O. The first-order chi connectivity index (χ1) is 23.1. The van der Waals surface area contributed by atoms with Crippen molar-refractivity contribution in [2.24, 2.45) is 11.8 Å². The van der Waals surface area contributed by atoms with E-state index in [1.165, 1.54) is 0 Å². The Kier molecular flexibility index (Phi) is 13.1. The van der Waals surface area contributed by atoms with Gasteiger partial charge in [-0.05, 0) is 50.7 Å². The summed E-state index contributed by atoms with van der Waals surface area (Å²) in [6.07, 6.45) is 0.991. The Morgan fingerprint density at radius 1 is 0.800 bits per heavy atom. The highest BCUT2D eigenvalue weighted by Gasteiger charge is 2.38. The highest BCUT2D eigenvalue weighted by Crippen LogP contribution is 2.20. The van der Waals surface area contributed by atoms with Crippen molar-refractivity contribution in [3.05, 3.63) is 36.0 Å². The van der Waals surface area contributed by atoms with E-state index in [-0.39, 0.29) is 18.8 Å². The van der Waals surface area contributed by atoms with Crippen molar-refractivity contribution in [1.29, 1.82) is 0 Å². The van der Waals surface area contributed by atoms with Crippen LogP contribution in [0, 0.1) is 11.8 Å². The summed E-state index contributed by atoms with van der Waals surface area (Å²) in [4.78, 5) is 84.6. The first kappa shape index (κ1) is 39.9. The summed E-state index contributed by atoms with van der Waals surface area (Å²) in [5.41, 5.74) is 0.424. The van der Waals surface area contributed by atoms with Gasteiger partial charge in [-0.1, -0.05) is 45.9 Å². The van der Waals surface area contributed by atoms with Crippen LogP contribution in [0.4, 0.5) is 0 Å². The lowest BCUT2D eigenvalue weighted by Crippen LogP contribution is -2.60. The lowest BCUT2D eigenvalue weighted by Gasteiger charge is -2.28. The molecule has 0 unspecified atom stereocenters. The summed E-state index contributed by atoms with van der Waals surface area (Å²) in [7, 11) is -4.89. The van der Waals surface area contributed by atoms with Crippen LogP contribution >= 0.6 is 0 Å². The van der Waals surface area contributed by atoms with Crippen molar-refractivity contribution in [1.82, 2.24) is 31.6 Å². The molecule has 5 atom stereocenters. The molecule has 1 fully saturated rings. The lowest BCUT2D eigenvalue weighted by atomic mass is 9.98. The maximum atomic E-state index is 14.0. The summed E-state index contributed by atoms with van der Waals surface area (Å²) in [6, 6.07) is -0.247. The molecule has 0 radical (unpaired) electrons. The van der Waals surface area contributed by atoms with Crippen molar-refractivity contribution in [3.63, 3.8) is 0 Å². The topological polar surface area (TPSA) is 242 Å². The van der Waals surface area contributed by atoms with Gasteiger partial charge in [-0.2, -0.15) is 8.42 Å². The molecule has 0 saturated carbocycles. The predicted molar refractivity (Wildman–Crippen MR) is 183 cm³/mol. The summed E-state index contributed by atoms with van der Waals surface area (Å²) < 4.78 is 38.9. The second-order valence-corrected chi connectivity index (χ2v) is 15.7. The molecule has 1 aromatic carbocycles. The molecule has 1 aromatic heterocycles. The van der Waals surface area contributed by atoms with Gasteiger partial charge in [-0.3, -0.25) is 33.3 Å². The number of carbonyl (C=O) groups excluding carboxylic acids is 6. The third kappa shape index (κ3) is 11.8. The highest BCUT2D eigenvalue weighted by molar-refractivity contribution is 7.85. The Bertz CT molecular complexity index is 1700. The Morgan fingerprint density at radius 3 is 1.94 bits per heavy atom. The number of para-hydroxylation sites is 1. The minimum Gasteiger partial charge on any atom is -0.460 e. The van der Waals surface area contributed by atoms with Gasteiger partial charge >= 0.3 is 5.97 Å². The third-order valence-electron chi connectivity index (χ3n) is 7.75. The molecule has 276 valence electrons. The van der Waals surface area contributed by atoms with Crippen LogP contribution in [0.3, 0.4) is 0 Å². The molecule has 1 saturated heterocycles. The largest absolute Gasteiger partial charge is 0.460 e. The fourth-order valence-corrected chi connectivity index (χ4v) is 6.11. The number of carbonyl (C=O) groups is 6. The molecule has 0 spiro atoms. The van der Waals surface area contributed by atoms with Crippen LogP contribution < -0.4 is 26.6 Å². The van der Waals surface area contributed by atoms with Crippen molar-refractivity contribution >= 4 is 56.5 Å². The molecule has 0 aliphatic carbocycles. The number of aromatic amines is 1. The fourth-order valence-electron chi connectivity index (χ4n) is 5.45. The summed E-state index contributed by atoms with van der Waals surface area (Å²) in [5.74, 6) is -7.59. The number of fused-ring (bicyclic) bond motifs is 1. The maximum Gasteiger partial charge on any atom is 0.308 e. The Balaban J connectivity index is 2.15. The molecule has 1 aliphatic heterocycles. The number of ether oxygens (including phenoxy) is 1. The molecule has 0 bridgehead atoms. The Labute approximate surface area is 291 Å². The zero-order chi connectivity index (χ0) is 37.6. The van der Waals surface area contributed by atoms with Crippen LogP contribution in [-0.4, -0.2) is 95.0 Å². The molecule has 3 rings (SSSR count). The number of hydrogen-bond donors (Lipinski definition) is 7. The molecule has 17 heteroatoms. The number of aromatic nitrogens is 1. The van der Waals surface area contributed by atoms with Gasteiger partial charge < -0.3 is 36.3 Å². The molecule has 2 aromatic rings. The van der Waals surface area contributed by atoms with Crippen molar-refractivity contribution in [2.75, 3.05) is 5.75 Å². The second-order valence-electron chi connectivity index (χ2n) is 14.2. The predicted octanol–water partition coefficient (Wildman–Crippen LogP) is 0.470. The second kappa shape index (κ2) is 16.5. The number of hydrogen-bond acceptors (Lipinski definition) is 9. The number of H-pyrrole nitrogens is 1. The molecule has 1 aliphatic rings. The van der Waals surface area contributed by atoms with E-state index in [4.69, 9.17) is 4.74 Å². The first-order valence-electron chi connectivity index (χ1n) is 16.4. The van der Waals surface area contributed by atoms with E-state index in [0.29, 0.717) is 5.56 Å². The average molecular weight is 721 g/mol. The lowest BCUT2D eigenvalue weighted by molar-refractivity contribution is -0.156. The Hall–Kier alpha value is -4.51. The third-order valence-corrected chi connectivity index (χ3v) is 8.51. The van der Waals surface area contributed by atoms with Gasteiger partial charge in [0.05, 0.1) is 6.42 Å². The molecule has 16 nitrogen and oxygen atoms in total. The summed E-state index contributed by atoms with van der Waals surface area (Å²) in [6.45, 7) is 11.6.